The number of pyridine rings is 1. The van der Waals surface area contributed by atoms with Crippen LogP contribution in [-0.4, -0.2) is 24.1 Å². The van der Waals surface area contributed by atoms with Crippen LogP contribution in [0.5, 0.6) is 0 Å². The molecule has 0 spiro atoms. The second-order valence-corrected chi connectivity index (χ2v) is 6.46. The van der Waals surface area contributed by atoms with Crippen LogP contribution >= 0.6 is 0 Å². The molecule has 0 saturated heterocycles. The molecule has 0 N–H and O–H groups in total. The van der Waals surface area contributed by atoms with Crippen LogP contribution in [-0.2, 0) is 22.7 Å². The van der Waals surface area contributed by atoms with Crippen molar-refractivity contribution in [3.63, 3.8) is 0 Å². The molecule has 2 aromatic carbocycles. The van der Waals surface area contributed by atoms with E-state index in [1.165, 1.54) is 0 Å². The van der Waals surface area contributed by atoms with E-state index in [-0.39, 0.29) is 6.61 Å². The fourth-order valence-electron chi connectivity index (χ4n) is 3.01. The Morgan fingerprint density at radius 3 is 2.57 bits per heavy atom. The average Bonchev–Trinajstić information content (AvgIpc) is 2.72. The number of carbonyl (C=O) groups excluding carboxylic acids is 1. The lowest BCUT2D eigenvalue weighted by molar-refractivity contribution is 0.0680. The summed E-state index contributed by atoms with van der Waals surface area (Å²) in [7, 11) is 0. The van der Waals surface area contributed by atoms with E-state index in [0.717, 1.165) is 22.2 Å². The molecule has 3 rings (SSSR count). The molecule has 6 heteroatoms. The van der Waals surface area contributed by atoms with E-state index in [4.69, 9.17) is 9.47 Å². The number of aromatic nitrogens is 1. The maximum Gasteiger partial charge on any atom is 0.317 e. The van der Waals surface area contributed by atoms with E-state index in [1.807, 2.05) is 42.5 Å². The van der Waals surface area contributed by atoms with E-state index in [0.29, 0.717) is 37.4 Å². The third-order valence-corrected chi connectivity index (χ3v) is 4.40. The molecule has 0 aliphatic rings. The number of para-hydroxylation sites is 1. The number of aryl methyl sites for hydroxylation is 1. The summed E-state index contributed by atoms with van der Waals surface area (Å²) in [6.45, 7) is 3.51. The quantitative estimate of drug-likeness (QED) is 0.402. The fourth-order valence-corrected chi connectivity index (χ4v) is 3.01. The van der Waals surface area contributed by atoms with Crippen molar-refractivity contribution in [3.05, 3.63) is 81.9 Å². The van der Waals surface area contributed by atoms with Crippen molar-refractivity contribution >= 4 is 16.8 Å². The van der Waals surface area contributed by atoms with Gasteiger partial charge >= 0.3 is 5.91 Å². The molecule has 0 saturated carbocycles. The Morgan fingerprint density at radius 2 is 1.75 bits per heavy atom. The van der Waals surface area contributed by atoms with E-state index in [1.54, 1.807) is 19.1 Å². The predicted octanol–water partition coefficient (Wildman–Crippen LogP) is 4.57. The summed E-state index contributed by atoms with van der Waals surface area (Å²) in [4.78, 5) is 26.8. The van der Waals surface area contributed by atoms with Crippen molar-refractivity contribution in [2.45, 2.75) is 26.6 Å². The Labute approximate surface area is 163 Å². The van der Waals surface area contributed by atoms with Gasteiger partial charge in [-0.25, -0.2) is 0 Å². The first-order chi connectivity index (χ1) is 13.7. The molecule has 3 aromatic rings. The molecule has 0 radical (unpaired) electrons. The number of amides is 1. The van der Waals surface area contributed by atoms with Gasteiger partial charge in [0.05, 0.1) is 30.0 Å². The number of hydrogen-bond acceptors (Lipinski definition) is 5. The molecule has 28 heavy (non-hydrogen) atoms. The summed E-state index contributed by atoms with van der Waals surface area (Å²) < 4.78 is 11.3. The second-order valence-electron chi connectivity index (χ2n) is 6.46. The zero-order chi connectivity index (χ0) is 19.8. The molecule has 1 aromatic heterocycles. The standard InChI is InChI=1S/C22H22N2O4/c1-16-6-4-8-18(21(16)22(25)24-26)14-27-12-5-13-28-15-19-11-10-17-7-2-3-9-20(17)23-19/h2-4,6-11H,5,12-15H2,1H3. The van der Waals surface area contributed by atoms with E-state index in [9.17, 15) is 9.70 Å². The molecule has 0 aliphatic carbocycles. The molecule has 0 bridgehead atoms. The summed E-state index contributed by atoms with van der Waals surface area (Å²) in [6.07, 6.45) is 0.717. The lowest BCUT2D eigenvalue weighted by atomic mass is 10.0. The van der Waals surface area contributed by atoms with Gasteiger partial charge in [-0.1, -0.05) is 42.5 Å². The number of carbonyl (C=O) groups is 1. The van der Waals surface area contributed by atoms with E-state index < -0.39 is 5.91 Å². The molecular weight excluding hydrogens is 356 g/mol. The highest BCUT2D eigenvalue weighted by Crippen LogP contribution is 2.17. The number of rotatable bonds is 9. The predicted molar refractivity (Wildman–Crippen MR) is 107 cm³/mol. The molecule has 0 aliphatic heterocycles. The number of nitrogens with zero attached hydrogens (tertiary/aromatic N) is 2. The Balaban J connectivity index is 1.40. The first kappa shape index (κ1) is 19.8. The highest BCUT2D eigenvalue weighted by atomic mass is 16.5. The van der Waals surface area contributed by atoms with Gasteiger partial charge in [-0.3, -0.25) is 9.78 Å². The van der Waals surface area contributed by atoms with Crippen LogP contribution in [0.15, 0.2) is 59.8 Å². The smallest absolute Gasteiger partial charge is 0.317 e. The van der Waals surface area contributed by atoms with Crippen molar-refractivity contribution in [1.29, 1.82) is 0 Å². The van der Waals surface area contributed by atoms with Crippen LogP contribution in [0.1, 0.15) is 33.6 Å². The molecule has 0 fully saturated rings. The van der Waals surface area contributed by atoms with Crippen LogP contribution in [0, 0.1) is 11.8 Å². The Morgan fingerprint density at radius 1 is 0.964 bits per heavy atom. The van der Waals surface area contributed by atoms with Crippen molar-refractivity contribution in [2.75, 3.05) is 13.2 Å². The van der Waals surface area contributed by atoms with Crippen LogP contribution in [0.2, 0.25) is 0 Å². The maximum absolute atomic E-state index is 11.7. The summed E-state index contributed by atoms with van der Waals surface area (Å²) in [6, 6.07) is 17.4. The van der Waals surface area contributed by atoms with E-state index >= 15 is 0 Å². The minimum Gasteiger partial charge on any atom is -0.377 e. The topological polar surface area (TPSA) is 77.8 Å². The van der Waals surface area contributed by atoms with Gasteiger partial charge in [0.15, 0.2) is 0 Å². The van der Waals surface area contributed by atoms with Gasteiger partial charge in [-0.15, -0.1) is 4.91 Å². The third-order valence-electron chi connectivity index (χ3n) is 4.40. The lowest BCUT2D eigenvalue weighted by Gasteiger charge is -2.10. The summed E-state index contributed by atoms with van der Waals surface area (Å²) in [5.74, 6) is -0.761. The maximum atomic E-state index is 11.7. The van der Waals surface area contributed by atoms with Gasteiger partial charge in [0, 0.05) is 23.8 Å². The zero-order valence-electron chi connectivity index (χ0n) is 15.8. The summed E-state index contributed by atoms with van der Waals surface area (Å²) >= 11 is 0. The molecule has 1 heterocycles. The van der Waals surface area contributed by atoms with Crippen LogP contribution in [0.4, 0.5) is 0 Å². The van der Waals surface area contributed by atoms with Gasteiger partial charge in [0.2, 0.25) is 0 Å². The number of ether oxygens (including phenoxy) is 2. The van der Waals surface area contributed by atoms with Gasteiger partial charge in [-0.05, 0) is 36.6 Å². The van der Waals surface area contributed by atoms with Crippen molar-refractivity contribution in [1.82, 2.24) is 4.98 Å². The summed E-state index contributed by atoms with van der Waals surface area (Å²) in [5, 5.41) is 3.64. The van der Waals surface area contributed by atoms with Crippen LogP contribution in [0.3, 0.4) is 0 Å². The Hall–Kier alpha value is -2.96. The molecule has 0 atom stereocenters. The van der Waals surface area contributed by atoms with Gasteiger partial charge in [0.1, 0.15) is 0 Å². The first-order valence-electron chi connectivity index (χ1n) is 9.15. The lowest BCUT2D eigenvalue weighted by Crippen LogP contribution is -2.07. The van der Waals surface area contributed by atoms with Gasteiger partial charge in [-0.2, -0.15) is 0 Å². The highest BCUT2D eigenvalue weighted by molar-refractivity contribution is 5.97. The molecule has 6 nitrogen and oxygen atoms in total. The van der Waals surface area contributed by atoms with Crippen molar-refractivity contribution < 1.29 is 14.3 Å². The minimum absolute atomic E-state index is 0.254. The fraction of sp³-hybridized carbons (Fsp3) is 0.273. The normalized spacial score (nSPS) is 10.9. The zero-order valence-corrected chi connectivity index (χ0v) is 15.8. The van der Waals surface area contributed by atoms with Crippen molar-refractivity contribution in [2.24, 2.45) is 5.18 Å². The molecule has 144 valence electrons. The number of nitroso groups, excluding NO2 is 1. The Kier molecular flexibility index (Phi) is 6.94. The highest BCUT2D eigenvalue weighted by Gasteiger charge is 2.14. The minimum atomic E-state index is -0.761. The SMILES string of the molecule is Cc1cccc(COCCCOCc2ccc3ccccc3n2)c1C(=O)N=O. The van der Waals surface area contributed by atoms with Crippen LogP contribution < -0.4 is 0 Å². The number of hydrogen-bond donors (Lipinski definition) is 0. The second kappa shape index (κ2) is 9.82. The van der Waals surface area contributed by atoms with Gasteiger partial charge in [0.25, 0.3) is 0 Å². The Bertz CT molecular complexity index is 972. The first-order valence-corrected chi connectivity index (χ1v) is 9.15. The molecular formula is C22H22N2O4. The van der Waals surface area contributed by atoms with Crippen LogP contribution in [0.25, 0.3) is 10.9 Å². The number of benzene rings is 2. The van der Waals surface area contributed by atoms with E-state index in [2.05, 4.69) is 10.2 Å². The van der Waals surface area contributed by atoms with Crippen molar-refractivity contribution in [3.8, 4) is 0 Å². The van der Waals surface area contributed by atoms with Gasteiger partial charge < -0.3 is 9.47 Å². The average molecular weight is 378 g/mol. The molecule has 0 unspecified atom stereocenters. The molecule has 1 amide bonds. The third kappa shape index (κ3) is 5.06. The number of fused-ring (bicyclic) bond motifs is 1. The largest absolute Gasteiger partial charge is 0.377 e. The monoisotopic (exact) mass is 378 g/mol. The summed E-state index contributed by atoms with van der Waals surface area (Å²) in [5.41, 5.74) is 3.57.